The van der Waals surface area contributed by atoms with Crippen molar-refractivity contribution < 1.29 is 14.7 Å². The number of rotatable bonds is 1. The third-order valence-electron chi connectivity index (χ3n) is 2.07. The molecule has 5 nitrogen and oxygen atoms in total. The minimum Gasteiger partial charge on any atom is -0.855 e. The van der Waals surface area contributed by atoms with Crippen LogP contribution in [0.25, 0.3) is 0 Å². The molecule has 0 radical (unpaired) electrons. The zero-order chi connectivity index (χ0) is 11.0. The standard InChI is InChI=1S/C10H8N2O3/c1-6-2-4-7(5-3-6)12-9(14)8(13)11-10(12)15/h2-5H,1H3,(H,11,13,15)/p-1. The summed E-state index contributed by atoms with van der Waals surface area (Å²) in [6, 6.07) is 5.87. The molecule has 1 aliphatic heterocycles. The van der Waals surface area contributed by atoms with Crippen LogP contribution >= 0.6 is 0 Å². The number of carbonyl (C=O) groups excluding carboxylic acids is 2. The Kier molecular flexibility index (Phi) is 2.00. The van der Waals surface area contributed by atoms with Crippen LogP contribution in [-0.4, -0.2) is 17.8 Å². The van der Waals surface area contributed by atoms with Gasteiger partial charge in [-0.3, -0.25) is 4.79 Å². The number of nitrogens with zero attached hydrogens (tertiary/aromatic N) is 2. The summed E-state index contributed by atoms with van der Waals surface area (Å²) in [5.74, 6) is -1.91. The van der Waals surface area contributed by atoms with E-state index in [0.29, 0.717) is 5.69 Å². The first-order valence-electron chi connectivity index (χ1n) is 4.30. The molecule has 0 atom stereocenters. The summed E-state index contributed by atoms with van der Waals surface area (Å²) in [6.45, 7) is 1.88. The summed E-state index contributed by atoms with van der Waals surface area (Å²) in [5, 5.41) is 10.9. The van der Waals surface area contributed by atoms with Gasteiger partial charge in [-0.15, -0.1) is 0 Å². The highest BCUT2D eigenvalue weighted by Crippen LogP contribution is 2.19. The van der Waals surface area contributed by atoms with E-state index in [2.05, 4.69) is 4.99 Å². The van der Waals surface area contributed by atoms with Gasteiger partial charge in [-0.05, 0) is 19.1 Å². The maximum absolute atomic E-state index is 11.3. The van der Waals surface area contributed by atoms with Crippen molar-refractivity contribution >= 4 is 23.5 Å². The summed E-state index contributed by atoms with van der Waals surface area (Å²) < 4.78 is 0. The topological polar surface area (TPSA) is 72.8 Å². The van der Waals surface area contributed by atoms with Gasteiger partial charge in [0.05, 0.1) is 11.6 Å². The predicted octanol–water partition coefficient (Wildman–Crippen LogP) is 0.220. The molecular formula is C10H7N2O3-. The summed E-state index contributed by atoms with van der Waals surface area (Å²) in [4.78, 5) is 26.3. The van der Waals surface area contributed by atoms with E-state index in [1.165, 1.54) is 0 Å². The maximum Gasteiger partial charge on any atom is 0.354 e. The molecule has 2 rings (SSSR count). The molecule has 0 spiro atoms. The van der Waals surface area contributed by atoms with Gasteiger partial charge < -0.3 is 5.11 Å². The quantitative estimate of drug-likeness (QED) is 0.655. The Hall–Kier alpha value is -2.17. The number of hydrogen-bond donors (Lipinski definition) is 0. The minimum absolute atomic E-state index is 0.366. The van der Waals surface area contributed by atoms with Gasteiger partial charge >= 0.3 is 6.03 Å². The van der Waals surface area contributed by atoms with Gasteiger partial charge in [0.1, 0.15) is 0 Å². The molecule has 15 heavy (non-hydrogen) atoms. The van der Waals surface area contributed by atoms with Crippen molar-refractivity contribution in [3.63, 3.8) is 0 Å². The summed E-state index contributed by atoms with van der Waals surface area (Å²) in [7, 11) is 0. The van der Waals surface area contributed by atoms with E-state index in [1.807, 2.05) is 6.92 Å². The molecule has 0 bridgehead atoms. The van der Waals surface area contributed by atoms with Crippen molar-refractivity contribution in [1.82, 2.24) is 0 Å². The molecule has 0 saturated carbocycles. The fraction of sp³-hybridized carbons (Fsp3) is 0.100. The van der Waals surface area contributed by atoms with Crippen LogP contribution in [0.5, 0.6) is 0 Å². The van der Waals surface area contributed by atoms with Crippen LogP contribution in [0.4, 0.5) is 10.5 Å². The van der Waals surface area contributed by atoms with E-state index in [-0.39, 0.29) is 0 Å². The predicted molar refractivity (Wildman–Crippen MR) is 51.5 cm³/mol. The average Bonchev–Trinajstić information content (AvgIpc) is 2.44. The number of urea groups is 1. The average molecular weight is 203 g/mol. The Bertz CT molecular complexity index is 462. The largest absolute Gasteiger partial charge is 0.855 e. The Labute approximate surface area is 85.7 Å². The molecule has 76 valence electrons. The molecular weight excluding hydrogens is 196 g/mol. The monoisotopic (exact) mass is 203 g/mol. The molecule has 0 aliphatic carbocycles. The first-order valence-corrected chi connectivity index (χ1v) is 4.30. The van der Waals surface area contributed by atoms with Crippen molar-refractivity contribution in [3.8, 4) is 0 Å². The molecule has 0 saturated heterocycles. The van der Waals surface area contributed by atoms with Crippen molar-refractivity contribution in [2.24, 2.45) is 4.99 Å². The third-order valence-corrected chi connectivity index (χ3v) is 2.07. The smallest absolute Gasteiger partial charge is 0.354 e. The second-order valence-electron chi connectivity index (χ2n) is 3.18. The zero-order valence-corrected chi connectivity index (χ0v) is 7.93. The highest BCUT2D eigenvalue weighted by Gasteiger charge is 2.29. The van der Waals surface area contributed by atoms with Crippen LogP contribution in [0.2, 0.25) is 0 Å². The van der Waals surface area contributed by atoms with Crippen LogP contribution in [0.1, 0.15) is 5.56 Å². The molecule has 1 aliphatic rings. The van der Waals surface area contributed by atoms with Crippen molar-refractivity contribution in [2.45, 2.75) is 6.92 Å². The number of anilines is 1. The number of imide groups is 1. The lowest BCUT2D eigenvalue weighted by Gasteiger charge is -2.13. The SMILES string of the molecule is Cc1ccc(N2C(=O)N=C([O-])C2=O)cc1. The number of aliphatic imine (C=N–C) groups is 1. The molecule has 1 aromatic carbocycles. The first kappa shape index (κ1) is 9.39. The molecule has 1 heterocycles. The zero-order valence-electron chi connectivity index (χ0n) is 7.93. The van der Waals surface area contributed by atoms with Crippen LogP contribution < -0.4 is 10.0 Å². The summed E-state index contributed by atoms with van der Waals surface area (Å²) in [6.07, 6.45) is 0. The molecule has 5 heteroatoms. The Morgan fingerprint density at radius 1 is 1.20 bits per heavy atom. The number of benzene rings is 1. The molecule has 0 aromatic heterocycles. The minimum atomic E-state index is -1.01. The molecule has 0 N–H and O–H groups in total. The fourth-order valence-corrected chi connectivity index (χ4v) is 1.29. The van der Waals surface area contributed by atoms with Gasteiger partial charge in [0, 0.05) is 0 Å². The number of aryl methyl sites for hydroxylation is 1. The second kappa shape index (κ2) is 3.20. The Balaban J connectivity index is 2.38. The lowest BCUT2D eigenvalue weighted by atomic mass is 10.2. The molecule has 1 aromatic rings. The third kappa shape index (κ3) is 1.48. The Morgan fingerprint density at radius 2 is 1.80 bits per heavy atom. The van der Waals surface area contributed by atoms with Crippen molar-refractivity contribution in [3.05, 3.63) is 29.8 Å². The van der Waals surface area contributed by atoms with Crippen molar-refractivity contribution in [2.75, 3.05) is 4.90 Å². The molecule has 0 unspecified atom stereocenters. The van der Waals surface area contributed by atoms with E-state index in [0.717, 1.165) is 10.5 Å². The number of amides is 3. The highest BCUT2D eigenvalue weighted by molar-refractivity contribution is 6.49. The van der Waals surface area contributed by atoms with Gasteiger partial charge in [-0.1, -0.05) is 17.7 Å². The lowest BCUT2D eigenvalue weighted by molar-refractivity contribution is -0.216. The van der Waals surface area contributed by atoms with E-state index < -0.39 is 17.8 Å². The van der Waals surface area contributed by atoms with Gasteiger partial charge in [0.25, 0.3) is 5.91 Å². The Morgan fingerprint density at radius 3 is 2.27 bits per heavy atom. The van der Waals surface area contributed by atoms with E-state index in [9.17, 15) is 14.7 Å². The summed E-state index contributed by atoms with van der Waals surface area (Å²) in [5.41, 5.74) is 1.37. The number of hydrogen-bond acceptors (Lipinski definition) is 3. The second-order valence-corrected chi connectivity index (χ2v) is 3.18. The highest BCUT2D eigenvalue weighted by atomic mass is 16.3. The van der Waals surface area contributed by atoms with E-state index >= 15 is 0 Å². The number of carbonyl (C=O) groups is 2. The van der Waals surface area contributed by atoms with Gasteiger partial charge in [0.15, 0.2) is 0 Å². The normalized spacial score (nSPS) is 15.8. The van der Waals surface area contributed by atoms with E-state index in [1.54, 1.807) is 24.3 Å². The maximum atomic E-state index is 11.3. The molecule has 0 fully saturated rings. The van der Waals surface area contributed by atoms with Crippen LogP contribution in [0.3, 0.4) is 0 Å². The van der Waals surface area contributed by atoms with Gasteiger partial charge in [0.2, 0.25) is 0 Å². The summed E-state index contributed by atoms with van der Waals surface area (Å²) >= 11 is 0. The fourth-order valence-electron chi connectivity index (χ4n) is 1.29. The van der Waals surface area contributed by atoms with E-state index in [4.69, 9.17) is 0 Å². The van der Waals surface area contributed by atoms with Crippen LogP contribution in [0, 0.1) is 6.92 Å². The van der Waals surface area contributed by atoms with Gasteiger partial charge in [-0.2, -0.15) is 0 Å². The first-order chi connectivity index (χ1) is 7.09. The van der Waals surface area contributed by atoms with Crippen LogP contribution in [-0.2, 0) is 4.79 Å². The van der Waals surface area contributed by atoms with Gasteiger partial charge in [-0.25, -0.2) is 14.7 Å². The van der Waals surface area contributed by atoms with Crippen LogP contribution in [0.15, 0.2) is 29.3 Å². The van der Waals surface area contributed by atoms with Crippen molar-refractivity contribution in [1.29, 1.82) is 0 Å². The molecule has 3 amide bonds. The lowest BCUT2D eigenvalue weighted by Crippen LogP contribution is -2.37.